The van der Waals surface area contributed by atoms with Crippen molar-refractivity contribution in [2.45, 2.75) is 34.1 Å². The molecule has 2 nitrogen and oxygen atoms in total. The minimum absolute atomic E-state index is 1.01. The van der Waals surface area contributed by atoms with E-state index < -0.39 is 0 Å². The molecule has 0 bridgehead atoms. The summed E-state index contributed by atoms with van der Waals surface area (Å²) in [5, 5.41) is 1.16. The minimum atomic E-state index is 1.01. The molecule has 0 aliphatic heterocycles. The highest BCUT2D eigenvalue weighted by molar-refractivity contribution is 7.15. The minimum Gasteiger partial charge on any atom is -0.348 e. The van der Waals surface area contributed by atoms with Crippen LogP contribution in [0.3, 0.4) is 0 Å². The average molecular weight is 274 g/mol. The fourth-order valence-corrected chi connectivity index (χ4v) is 3.00. The molecule has 2 rings (SSSR count). The number of nitrogens with zero attached hydrogens (tertiary/aromatic N) is 2. The molecule has 0 saturated carbocycles. The van der Waals surface area contributed by atoms with Crippen LogP contribution in [0.1, 0.15) is 28.6 Å². The van der Waals surface area contributed by atoms with Crippen LogP contribution in [0, 0.1) is 20.8 Å². The summed E-state index contributed by atoms with van der Waals surface area (Å²) in [6, 6.07) is 8.82. The summed E-state index contributed by atoms with van der Waals surface area (Å²) in [6.45, 7) is 10.6. The lowest BCUT2D eigenvalue weighted by Gasteiger charge is -2.19. The standard InChI is InChI=1S/C16H22N2S/c1-5-18(16-17-13(3)14(4)19-16)11-10-15-8-6-12(2)7-9-15/h6-9H,5,10-11H2,1-4H3. The number of aryl methyl sites for hydroxylation is 3. The van der Waals surface area contributed by atoms with E-state index in [1.54, 1.807) is 11.3 Å². The number of likely N-dealkylation sites (N-methyl/N-ethyl adjacent to an activating group) is 1. The van der Waals surface area contributed by atoms with Gasteiger partial charge in [0.05, 0.1) is 5.69 Å². The molecule has 1 heterocycles. The summed E-state index contributed by atoms with van der Waals surface area (Å²) >= 11 is 1.80. The van der Waals surface area contributed by atoms with Gasteiger partial charge in [-0.1, -0.05) is 29.8 Å². The Morgan fingerprint density at radius 1 is 1.11 bits per heavy atom. The fraction of sp³-hybridized carbons (Fsp3) is 0.438. The molecule has 0 saturated heterocycles. The molecule has 0 aliphatic carbocycles. The predicted octanol–water partition coefficient (Wildman–Crippen LogP) is 4.14. The van der Waals surface area contributed by atoms with Gasteiger partial charge >= 0.3 is 0 Å². The third-order valence-electron chi connectivity index (χ3n) is 3.46. The third kappa shape index (κ3) is 3.57. The van der Waals surface area contributed by atoms with E-state index in [2.05, 4.69) is 61.8 Å². The lowest BCUT2D eigenvalue weighted by molar-refractivity contribution is 0.803. The van der Waals surface area contributed by atoms with Gasteiger partial charge in [-0.25, -0.2) is 4.98 Å². The second-order valence-corrected chi connectivity index (χ2v) is 6.13. The molecule has 0 unspecified atom stereocenters. The van der Waals surface area contributed by atoms with Crippen molar-refractivity contribution in [3.05, 3.63) is 46.0 Å². The van der Waals surface area contributed by atoms with Crippen molar-refractivity contribution >= 4 is 16.5 Å². The third-order valence-corrected chi connectivity index (χ3v) is 4.59. The maximum absolute atomic E-state index is 4.65. The second-order valence-electron chi connectivity index (χ2n) is 4.95. The Morgan fingerprint density at radius 2 is 1.79 bits per heavy atom. The number of hydrogen-bond donors (Lipinski definition) is 0. The largest absolute Gasteiger partial charge is 0.348 e. The van der Waals surface area contributed by atoms with Crippen LogP contribution in [0.25, 0.3) is 0 Å². The quantitative estimate of drug-likeness (QED) is 0.814. The maximum atomic E-state index is 4.65. The summed E-state index contributed by atoms with van der Waals surface area (Å²) in [5.41, 5.74) is 3.88. The molecule has 0 amide bonds. The normalized spacial score (nSPS) is 10.7. The first-order chi connectivity index (χ1) is 9.10. The first-order valence-corrected chi connectivity index (χ1v) is 7.66. The number of benzene rings is 1. The molecule has 3 heteroatoms. The average Bonchev–Trinajstić information content (AvgIpc) is 2.72. The van der Waals surface area contributed by atoms with Crippen LogP contribution in [0.15, 0.2) is 24.3 Å². The van der Waals surface area contributed by atoms with Crippen molar-refractivity contribution in [3.8, 4) is 0 Å². The zero-order chi connectivity index (χ0) is 13.8. The molecule has 1 aromatic carbocycles. The topological polar surface area (TPSA) is 16.1 Å². The molecule has 1 aromatic heterocycles. The van der Waals surface area contributed by atoms with Crippen molar-refractivity contribution in [2.75, 3.05) is 18.0 Å². The zero-order valence-corrected chi connectivity index (χ0v) is 13.0. The highest BCUT2D eigenvalue weighted by Crippen LogP contribution is 2.25. The number of hydrogen-bond acceptors (Lipinski definition) is 3. The van der Waals surface area contributed by atoms with Gasteiger partial charge in [0.2, 0.25) is 0 Å². The second kappa shape index (κ2) is 6.20. The summed E-state index contributed by atoms with van der Waals surface area (Å²) in [4.78, 5) is 8.34. The molecule has 0 fully saturated rings. The van der Waals surface area contributed by atoms with Gasteiger partial charge in [-0.3, -0.25) is 0 Å². The zero-order valence-electron chi connectivity index (χ0n) is 12.2. The number of rotatable bonds is 5. The SMILES string of the molecule is CCN(CCc1ccc(C)cc1)c1nc(C)c(C)s1. The Bertz CT molecular complexity index is 509. The summed E-state index contributed by atoms with van der Waals surface area (Å²) in [5.74, 6) is 0. The van der Waals surface area contributed by atoms with Crippen LogP contribution in [-0.4, -0.2) is 18.1 Å². The van der Waals surface area contributed by atoms with E-state index in [1.807, 2.05) is 0 Å². The molecular formula is C16H22N2S. The molecule has 19 heavy (non-hydrogen) atoms. The number of aromatic nitrogens is 1. The number of thiazole rings is 1. The van der Waals surface area contributed by atoms with Crippen LogP contribution in [0.2, 0.25) is 0 Å². The Labute approximate surface area is 120 Å². The summed E-state index contributed by atoms with van der Waals surface area (Å²) in [6.07, 6.45) is 1.08. The predicted molar refractivity (Wildman–Crippen MR) is 84.4 cm³/mol. The Kier molecular flexibility index (Phi) is 4.59. The van der Waals surface area contributed by atoms with Gasteiger partial charge in [0.1, 0.15) is 0 Å². The van der Waals surface area contributed by atoms with Gasteiger partial charge in [0.25, 0.3) is 0 Å². The molecule has 0 atom stereocenters. The molecule has 0 radical (unpaired) electrons. The lowest BCUT2D eigenvalue weighted by atomic mass is 10.1. The summed E-state index contributed by atoms with van der Waals surface area (Å²) < 4.78 is 0. The molecule has 0 aliphatic rings. The van der Waals surface area contributed by atoms with E-state index >= 15 is 0 Å². The molecular weight excluding hydrogens is 252 g/mol. The monoisotopic (exact) mass is 274 g/mol. The Balaban J connectivity index is 2.01. The smallest absolute Gasteiger partial charge is 0.185 e. The van der Waals surface area contributed by atoms with E-state index in [4.69, 9.17) is 0 Å². The first-order valence-electron chi connectivity index (χ1n) is 6.84. The van der Waals surface area contributed by atoms with E-state index in [9.17, 15) is 0 Å². The van der Waals surface area contributed by atoms with Crippen LogP contribution in [0.5, 0.6) is 0 Å². The van der Waals surface area contributed by atoms with Gasteiger partial charge in [-0.05, 0) is 39.7 Å². The van der Waals surface area contributed by atoms with Gasteiger partial charge in [0, 0.05) is 18.0 Å². The Morgan fingerprint density at radius 3 is 2.32 bits per heavy atom. The molecule has 102 valence electrons. The maximum Gasteiger partial charge on any atom is 0.185 e. The van der Waals surface area contributed by atoms with Crippen LogP contribution < -0.4 is 4.90 Å². The van der Waals surface area contributed by atoms with Gasteiger partial charge < -0.3 is 4.90 Å². The number of anilines is 1. The van der Waals surface area contributed by atoms with E-state index in [1.165, 1.54) is 16.0 Å². The van der Waals surface area contributed by atoms with Crippen molar-refractivity contribution in [3.63, 3.8) is 0 Å². The summed E-state index contributed by atoms with van der Waals surface area (Å²) in [7, 11) is 0. The van der Waals surface area contributed by atoms with Crippen molar-refractivity contribution < 1.29 is 0 Å². The van der Waals surface area contributed by atoms with Crippen LogP contribution in [0.4, 0.5) is 5.13 Å². The van der Waals surface area contributed by atoms with Gasteiger partial charge in [-0.2, -0.15) is 0 Å². The van der Waals surface area contributed by atoms with Crippen LogP contribution >= 0.6 is 11.3 Å². The van der Waals surface area contributed by atoms with E-state index in [-0.39, 0.29) is 0 Å². The first kappa shape index (κ1) is 14.1. The molecule has 2 aromatic rings. The van der Waals surface area contributed by atoms with Crippen LogP contribution in [-0.2, 0) is 6.42 Å². The molecule has 0 N–H and O–H groups in total. The van der Waals surface area contributed by atoms with E-state index in [0.29, 0.717) is 0 Å². The highest BCUT2D eigenvalue weighted by atomic mass is 32.1. The van der Waals surface area contributed by atoms with Crippen molar-refractivity contribution in [1.82, 2.24) is 4.98 Å². The fourth-order valence-electron chi connectivity index (χ4n) is 2.00. The van der Waals surface area contributed by atoms with E-state index in [0.717, 1.165) is 30.3 Å². The van der Waals surface area contributed by atoms with Crippen molar-refractivity contribution in [1.29, 1.82) is 0 Å². The highest BCUT2D eigenvalue weighted by Gasteiger charge is 2.10. The molecule has 0 spiro atoms. The Hall–Kier alpha value is -1.35. The van der Waals surface area contributed by atoms with Crippen molar-refractivity contribution in [2.24, 2.45) is 0 Å². The lowest BCUT2D eigenvalue weighted by Crippen LogP contribution is -2.25. The van der Waals surface area contributed by atoms with Gasteiger partial charge in [0.15, 0.2) is 5.13 Å². The van der Waals surface area contributed by atoms with Gasteiger partial charge in [-0.15, -0.1) is 11.3 Å².